The maximum Gasteiger partial charge on any atom is 0.276 e. The summed E-state index contributed by atoms with van der Waals surface area (Å²) >= 11 is 0. The van der Waals surface area contributed by atoms with Gasteiger partial charge < -0.3 is 20.1 Å². The zero-order valence-electron chi connectivity index (χ0n) is 15.7. The Morgan fingerprint density at radius 3 is 2.29 bits per heavy atom. The van der Waals surface area contributed by atoms with Crippen LogP contribution in [0.4, 0.5) is 11.5 Å². The van der Waals surface area contributed by atoms with E-state index in [-0.39, 0.29) is 11.6 Å². The van der Waals surface area contributed by atoms with Crippen LogP contribution in [0.25, 0.3) is 0 Å². The Balaban J connectivity index is 1.73. The van der Waals surface area contributed by atoms with Gasteiger partial charge in [-0.1, -0.05) is 18.2 Å². The summed E-state index contributed by atoms with van der Waals surface area (Å²) in [4.78, 5) is 24.8. The van der Waals surface area contributed by atoms with Gasteiger partial charge in [-0.2, -0.15) is 5.10 Å². The number of methoxy groups -OCH3 is 2. The number of ether oxygens (including phenoxy) is 2. The molecule has 2 N–H and O–H groups in total. The standard InChI is InChI=1S/C20H20N4O4/c1-24-18(22-19(25)13-7-5-4-6-8-13)12-15(23-24)20(26)21-14-9-10-16(27-2)17(11-14)28-3/h4-12H,1-3H3,(H,21,26)(H,22,25). The van der Waals surface area contributed by atoms with Crippen molar-refractivity contribution in [3.05, 3.63) is 65.9 Å². The number of aromatic nitrogens is 2. The number of benzene rings is 2. The van der Waals surface area contributed by atoms with Crippen molar-refractivity contribution in [2.24, 2.45) is 7.05 Å². The molecule has 0 aliphatic heterocycles. The molecule has 0 aliphatic carbocycles. The van der Waals surface area contributed by atoms with E-state index in [0.717, 1.165) is 0 Å². The number of carbonyl (C=O) groups excluding carboxylic acids is 2. The number of nitrogens with zero attached hydrogens (tertiary/aromatic N) is 2. The van der Waals surface area contributed by atoms with Crippen molar-refractivity contribution in [2.45, 2.75) is 0 Å². The second kappa shape index (κ2) is 8.26. The molecule has 0 bridgehead atoms. The maximum atomic E-state index is 12.5. The first kappa shape index (κ1) is 19.0. The van der Waals surface area contributed by atoms with Crippen molar-refractivity contribution in [1.29, 1.82) is 0 Å². The van der Waals surface area contributed by atoms with Crippen molar-refractivity contribution in [1.82, 2.24) is 9.78 Å². The van der Waals surface area contributed by atoms with E-state index in [1.165, 1.54) is 25.0 Å². The Morgan fingerprint density at radius 2 is 1.61 bits per heavy atom. The summed E-state index contributed by atoms with van der Waals surface area (Å²) in [6, 6.07) is 15.3. The Bertz CT molecular complexity index is 999. The van der Waals surface area contributed by atoms with Gasteiger partial charge in [-0.15, -0.1) is 0 Å². The minimum absolute atomic E-state index is 0.167. The molecule has 0 unspecified atom stereocenters. The first-order valence-corrected chi connectivity index (χ1v) is 8.45. The van der Waals surface area contributed by atoms with E-state index >= 15 is 0 Å². The van der Waals surface area contributed by atoms with Gasteiger partial charge in [-0.25, -0.2) is 0 Å². The predicted octanol–water partition coefficient (Wildman–Crippen LogP) is 2.94. The van der Waals surface area contributed by atoms with Gasteiger partial charge in [0.15, 0.2) is 17.2 Å². The molecule has 2 aromatic carbocycles. The normalized spacial score (nSPS) is 10.2. The molecule has 8 nitrogen and oxygen atoms in total. The third-order valence-electron chi connectivity index (χ3n) is 4.03. The van der Waals surface area contributed by atoms with Crippen LogP contribution < -0.4 is 20.1 Å². The quantitative estimate of drug-likeness (QED) is 0.686. The van der Waals surface area contributed by atoms with Crippen LogP contribution in [0, 0.1) is 0 Å². The fourth-order valence-corrected chi connectivity index (χ4v) is 2.58. The molecule has 0 saturated carbocycles. The van der Waals surface area contributed by atoms with Gasteiger partial charge in [0.25, 0.3) is 11.8 Å². The van der Waals surface area contributed by atoms with Crippen LogP contribution in [0.2, 0.25) is 0 Å². The van der Waals surface area contributed by atoms with Crippen molar-refractivity contribution >= 4 is 23.3 Å². The van der Waals surface area contributed by atoms with Crippen LogP contribution >= 0.6 is 0 Å². The van der Waals surface area contributed by atoms with E-state index in [4.69, 9.17) is 9.47 Å². The lowest BCUT2D eigenvalue weighted by Gasteiger charge is -2.09. The minimum Gasteiger partial charge on any atom is -0.493 e. The summed E-state index contributed by atoms with van der Waals surface area (Å²) in [5.41, 5.74) is 1.21. The Kier molecular flexibility index (Phi) is 5.59. The van der Waals surface area contributed by atoms with Gasteiger partial charge in [0.05, 0.1) is 14.2 Å². The molecular weight excluding hydrogens is 360 g/mol. The molecule has 0 radical (unpaired) electrons. The number of nitrogens with one attached hydrogen (secondary N) is 2. The van der Waals surface area contributed by atoms with E-state index in [1.807, 2.05) is 6.07 Å². The van der Waals surface area contributed by atoms with Gasteiger partial charge in [-0.3, -0.25) is 14.3 Å². The van der Waals surface area contributed by atoms with Crippen LogP contribution in [0.5, 0.6) is 11.5 Å². The average Bonchev–Trinajstić information content (AvgIpc) is 3.09. The molecule has 144 valence electrons. The second-order valence-electron chi connectivity index (χ2n) is 5.88. The molecule has 1 aromatic heterocycles. The maximum absolute atomic E-state index is 12.5. The molecule has 0 saturated heterocycles. The molecule has 0 aliphatic rings. The molecule has 3 aromatic rings. The lowest BCUT2D eigenvalue weighted by Crippen LogP contribution is -2.14. The summed E-state index contributed by atoms with van der Waals surface area (Å²) in [7, 11) is 4.70. The van der Waals surface area contributed by atoms with Crippen LogP contribution in [-0.4, -0.2) is 35.8 Å². The zero-order chi connectivity index (χ0) is 20.1. The Hall–Kier alpha value is -3.81. The highest BCUT2D eigenvalue weighted by Gasteiger charge is 2.16. The minimum atomic E-state index is -0.414. The molecule has 0 spiro atoms. The molecule has 0 atom stereocenters. The third-order valence-corrected chi connectivity index (χ3v) is 4.03. The Labute approximate surface area is 162 Å². The van der Waals surface area contributed by atoms with Crippen LogP contribution in [0.3, 0.4) is 0 Å². The lowest BCUT2D eigenvalue weighted by atomic mass is 10.2. The first-order chi connectivity index (χ1) is 13.5. The summed E-state index contributed by atoms with van der Waals surface area (Å²) < 4.78 is 11.8. The Morgan fingerprint density at radius 1 is 0.893 bits per heavy atom. The number of carbonyl (C=O) groups is 2. The molecule has 3 rings (SSSR count). The largest absolute Gasteiger partial charge is 0.493 e. The van der Waals surface area contributed by atoms with Crippen LogP contribution in [-0.2, 0) is 7.05 Å². The molecule has 8 heteroatoms. The number of anilines is 2. The van der Waals surface area contributed by atoms with E-state index in [9.17, 15) is 9.59 Å². The number of aryl methyl sites for hydroxylation is 1. The van der Waals surface area contributed by atoms with Gasteiger partial charge in [-0.05, 0) is 24.3 Å². The van der Waals surface area contributed by atoms with Crippen molar-refractivity contribution < 1.29 is 19.1 Å². The van der Waals surface area contributed by atoms with Gasteiger partial charge in [0.2, 0.25) is 0 Å². The molecule has 2 amide bonds. The fraction of sp³-hybridized carbons (Fsp3) is 0.150. The molecule has 1 heterocycles. The highest BCUT2D eigenvalue weighted by Crippen LogP contribution is 2.29. The monoisotopic (exact) mass is 380 g/mol. The number of hydrogen-bond acceptors (Lipinski definition) is 5. The van der Waals surface area contributed by atoms with E-state index in [2.05, 4.69) is 15.7 Å². The van der Waals surface area contributed by atoms with Crippen molar-refractivity contribution in [2.75, 3.05) is 24.9 Å². The summed E-state index contributed by atoms with van der Waals surface area (Å²) in [6.45, 7) is 0. The van der Waals surface area contributed by atoms with Crippen molar-refractivity contribution in [3.8, 4) is 11.5 Å². The average molecular weight is 380 g/mol. The number of amides is 2. The highest BCUT2D eigenvalue weighted by atomic mass is 16.5. The van der Waals surface area contributed by atoms with Gasteiger partial charge in [0.1, 0.15) is 5.82 Å². The fourth-order valence-electron chi connectivity index (χ4n) is 2.58. The predicted molar refractivity (Wildman–Crippen MR) is 105 cm³/mol. The van der Waals surface area contributed by atoms with E-state index in [1.54, 1.807) is 49.5 Å². The molecular formula is C20H20N4O4. The zero-order valence-corrected chi connectivity index (χ0v) is 15.7. The number of hydrogen-bond donors (Lipinski definition) is 2. The van der Waals surface area contributed by atoms with Crippen LogP contribution in [0.1, 0.15) is 20.8 Å². The van der Waals surface area contributed by atoms with Gasteiger partial charge >= 0.3 is 0 Å². The second-order valence-corrected chi connectivity index (χ2v) is 5.88. The van der Waals surface area contributed by atoms with E-state index in [0.29, 0.717) is 28.6 Å². The summed E-state index contributed by atoms with van der Waals surface area (Å²) in [5.74, 6) is 0.770. The topological polar surface area (TPSA) is 94.5 Å². The summed E-state index contributed by atoms with van der Waals surface area (Å²) in [5, 5.41) is 9.65. The molecule has 28 heavy (non-hydrogen) atoms. The molecule has 0 fully saturated rings. The van der Waals surface area contributed by atoms with E-state index < -0.39 is 5.91 Å². The van der Waals surface area contributed by atoms with Crippen LogP contribution in [0.15, 0.2) is 54.6 Å². The third kappa shape index (κ3) is 4.12. The summed E-state index contributed by atoms with van der Waals surface area (Å²) in [6.07, 6.45) is 0. The highest BCUT2D eigenvalue weighted by molar-refractivity contribution is 6.06. The van der Waals surface area contributed by atoms with Crippen molar-refractivity contribution in [3.63, 3.8) is 0 Å². The lowest BCUT2D eigenvalue weighted by molar-refractivity contribution is 0.101. The first-order valence-electron chi connectivity index (χ1n) is 8.45. The number of rotatable bonds is 6. The SMILES string of the molecule is COc1ccc(NC(=O)c2cc(NC(=O)c3ccccc3)n(C)n2)cc1OC. The van der Waals surface area contributed by atoms with Gasteiger partial charge in [0, 0.05) is 30.4 Å². The smallest absolute Gasteiger partial charge is 0.276 e.